The quantitative estimate of drug-likeness (QED) is 0.624. The third kappa shape index (κ3) is 3.85. The highest BCUT2D eigenvalue weighted by Crippen LogP contribution is 2.22. The Hall–Kier alpha value is -2.88. The summed E-state index contributed by atoms with van der Waals surface area (Å²) in [6.45, 7) is 0.463. The van der Waals surface area contributed by atoms with Gasteiger partial charge in [-0.25, -0.2) is 4.68 Å². The van der Waals surface area contributed by atoms with Crippen molar-refractivity contribution in [3.63, 3.8) is 0 Å². The molecule has 0 bridgehead atoms. The number of nitro groups is 1. The van der Waals surface area contributed by atoms with Crippen molar-refractivity contribution in [2.75, 3.05) is 18.1 Å². The molecule has 1 aliphatic rings. The van der Waals surface area contributed by atoms with Gasteiger partial charge >= 0.3 is 5.97 Å². The van der Waals surface area contributed by atoms with E-state index in [0.29, 0.717) is 18.0 Å². The molecule has 2 heterocycles. The highest BCUT2D eigenvalue weighted by molar-refractivity contribution is 7.99. The molecule has 0 radical (unpaired) electrons. The maximum atomic E-state index is 12.8. The van der Waals surface area contributed by atoms with Gasteiger partial charge in [-0.05, 0) is 12.1 Å². The lowest BCUT2D eigenvalue weighted by atomic mass is 10.2. The van der Waals surface area contributed by atoms with Gasteiger partial charge in [0.05, 0.1) is 23.1 Å². The van der Waals surface area contributed by atoms with Crippen LogP contribution >= 0.6 is 11.8 Å². The van der Waals surface area contributed by atoms with Gasteiger partial charge in [0.2, 0.25) is 0 Å². The molecular formula is C16H16N4O5S. The summed E-state index contributed by atoms with van der Waals surface area (Å²) in [5.41, 5.74) is 0.578. The van der Waals surface area contributed by atoms with E-state index in [4.69, 9.17) is 5.11 Å². The fourth-order valence-electron chi connectivity index (χ4n) is 2.77. The second-order valence-electron chi connectivity index (χ2n) is 5.75. The summed E-state index contributed by atoms with van der Waals surface area (Å²) < 4.78 is 1.39. The van der Waals surface area contributed by atoms with Crippen molar-refractivity contribution in [1.82, 2.24) is 14.7 Å². The zero-order valence-electron chi connectivity index (χ0n) is 13.6. The minimum absolute atomic E-state index is 0.0690. The number of nitro benzene ring substituents is 1. The van der Waals surface area contributed by atoms with E-state index in [1.54, 1.807) is 35.0 Å². The van der Waals surface area contributed by atoms with E-state index < -0.39 is 10.9 Å². The topological polar surface area (TPSA) is 119 Å². The molecule has 3 rings (SSSR count). The number of aliphatic carboxylic acids is 1. The van der Waals surface area contributed by atoms with Crippen LogP contribution in [0.2, 0.25) is 0 Å². The van der Waals surface area contributed by atoms with E-state index >= 15 is 0 Å². The van der Waals surface area contributed by atoms with Crippen molar-refractivity contribution >= 4 is 29.3 Å². The lowest BCUT2D eigenvalue weighted by Crippen LogP contribution is -2.47. The van der Waals surface area contributed by atoms with Crippen LogP contribution in [-0.2, 0) is 4.79 Å². The molecule has 0 spiro atoms. The van der Waals surface area contributed by atoms with Crippen molar-refractivity contribution < 1.29 is 19.6 Å². The highest BCUT2D eigenvalue weighted by atomic mass is 32.2. The first kappa shape index (κ1) is 17.9. The predicted octanol–water partition coefficient (Wildman–Crippen LogP) is 1.81. The Morgan fingerprint density at radius 1 is 1.38 bits per heavy atom. The molecule has 1 saturated heterocycles. The summed E-state index contributed by atoms with van der Waals surface area (Å²) in [5.74, 6) is 0.0371. The fraction of sp³-hybridized carbons (Fsp3) is 0.312. The highest BCUT2D eigenvalue weighted by Gasteiger charge is 2.30. The van der Waals surface area contributed by atoms with Crippen molar-refractivity contribution in [1.29, 1.82) is 0 Å². The molecule has 2 aromatic rings. The molecule has 0 saturated carbocycles. The first-order chi connectivity index (χ1) is 12.5. The van der Waals surface area contributed by atoms with Crippen LogP contribution < -0.4 is 0 Å². The number of nitrogens with zero attached hydrogens (tertiary/aromatic N) is 4. The van der Waals surface area contributed by atoms with Crippen LogP contribution in [0.15, 0.2) is 36.5 Å². The molecule has 1 fully saturated rings. The molecule has 1 aromatic heterocycles. The summed E-state index contributed by atoms with van der Waals surface area (Å²) >= 11 is 1.62. The maximum Gasteiger partial charge on any atom is 0.305 e. The normalized spacial score (nSPS) is 17.1. The van der Waals surface area contributed by atoms with Crippen LogP contribution in [0.4, 0.5) is 5.69 Å². The minimum Gasteiger partial charge on any atom is -0.481 e. The second-order valence-corrected chi connectivity index (χ2v) is 6.90. The number of amides is 1. The Balaban J connectivity index is 1.82. The Labute approximate surface area is 152 Å². The van der Waals surface area contributed by atoms with Crippen LogP contribution in [0.3, 0.4) is 0 Å². The van der Waals surface area contributed by atoms with E-state index in [0.717, 1.165) is 5.75 Å². The molecule has 1 N–H and O–H groups in total. The summed E-state index contributed by atoms with van der Waals surface area (Å²) in [4.78, 5) is 35.7. The number of carboxylic acid groups (broad SMARTS) is 1. The van der Waals surface area contributed by atoms with Crippen LogP contribution in [0, 0.1) is 10.1 Å². The molecule has 10 heteroatoms. The molecule has 1 aliphatic heterocycles. The van der Waals surface area contributed by atoms with E-state index in [1.165, 1.54) is 22.9 Å². The zero-order valence-corrected chi connectivity index (χ0v) is 14.5. The van der Waals surface area contributed by atoms with Crippen LogP contribution in [0.25, 0.3) is 5.69 Å². The number of non-ortho nitro benzene ring substituents is 1. The van der Waals surface area contributed by atoms with Crippen LogP contribution in [0.5, 0.6) is 0 Å². The van der Waals surface area contributed by atoms with Crippen LogP contribution in [-0.4, -0.2) is 60.7 Å². The lowest BCUT2D eigenvalue weighted by Gasteiger charge is -2.34. The SMILES string of the molecule is O=C(O)CC1CSCCN1C(=O)c1ccn(-c2cccc([N+](=O)[O-])c2)n1. The number of carboxylic acids is 1. The predicted molar refractivity (Wildman–Crippen MR) is 94.6 cm³/mol. The molecule has 136 valence electrons. The van der Waals surface area contributed by atoms with Gasteiger partial charge in [0.1, 0.15) is 0 Å². The van der Waals surface area contributed by atoms with Gasteiger partial charge in [-0.2, -0.15) is 16.9 Å². The first-order valence-corrected chi connectivity index (χ1v) is 9.02. The molecule has 0 aliphatic carbocycles. The number of hydrogen-bond acceptors (Lipinski definition) is 6. The molecule has 1 atom stereocenters. The largest absolute Gasteiger partial charge is 0.481 e. The molecule has 9 nitrogen and oxygen atoms in total. The maximum absolute atomic E-state index is 12.8. The van der Waals surface area contributed by atoms with Gasteiger partial charge in [0.25, 0.3) is 11.6 Å². The van der Waals surface area contributed by atoms with Crippen molar-refractivity contribution in [2.45, 2.75) is 12.5 Å². The lowest BCUT2D eigenvalue weighted by molar-refractivity contribution is -0.384. The van der Waals surface area contributed by atoms with Gasteiger partial charge in [0, 0.05) is 36.4 Å². The van der Waals surface area contributed by atoms with Crippen molar-refractivity contribution in [2.24, 2.45) is 0 Å². The van der Waals surface area contributed by atoms with Crippen molar-refractivity contribution in [3.05, 3.63) is 52.3 Å². The van der Waals surface area contributed by atoms with Gasteiger partial charge in [0.15, 0.2) is 5.69 Å². The Bertz CT molecular complexity index is 853. The smallest absolute Gasteiger partial charge is 0.305 e. The van der Waals surface area contributed by atoms with Gasteiger partial charge in [-0.3, -0.25) is 19.7 Å². The molecule has 26 heavy (non-hydrogen) atoms. The third-order valence-electron chi connectivity index (χ3n) is 4.01. The van der Waals surface area contributed by atoms with Gasteiger partial charge in [-0.1, -0.05) is 6.07 Å². The summed E-state index contributed by atoms with van der Waals surface area (Å²) in [7, 11) is 0. The molecule has 1 aromatic carbocycles. The fourth-order valence-corrected chi connectivity index (χ4v) is 3.83. The van der Waals surface area contributed by atoms with E-state index in [2.05, 4.69) is 5.10 Å². The summed E-state index contributed by atoms with van der Waals surface area (Å²) in [6, 6.07) is 7.09. The monoisotopic (exact) mass is 376 g/mol. The summed E-state index contributed by atoms with van der Waals surface area (Å²) in [5, 5.41) is 24.1. The number of benzene rings is 1. The zero-order chi connectivity index (χ0) is 18.7. The minimum atomic E-state index is -0.947. The van der Waals surface area contributed by atoms with Gasteiger partial charge < -0.3 is 10.0 Å². The average Bonchev–Trinajstić information content (AvgIpc) is 3.11. The molecule has 1 unspecified atom stereocenters. The van der Waals surface area contributed by atoms with E-state index in [9.17, 15) is 19.7 Å². The number of carbonyl (C=O) groups is 2. The van der Waals surface area contributed by atoms with E-state index in [1.807, 2.05) is 0 Å². The Kier molecular flexibility index (Phi) is 5.21. The number of hydrogen-bond donors (Lipinski definition) is 1. The average molecular weight is 376 g/mol. The molecule has 1 amide bonds. The standard InChI is InChI=1S/C16H16N4O5S/c21-15(22)9-13-10-26-7-6-18(13)16(23)14-4-5-19(17-14)11-2-1-3-12(8-11)20(24)25/h1-5,8,13H,6-7,9-10H2,(H,21,22). The van der Waals surface area contributed by atoms with E-state index in [-0.39, 0.29) is 29.8 Å². The van der Waals surface area contributed by atoms with Crippen molar-refractivity contribution in [3.8, 4) is 5.69 Å². The van der Waals surface area contributed by atoms with Crippen LogP contribution in [0.1, 0.15) is 16.9 Å². The number of rotatable bonds is 5. The van der Waals surface area contributed by atoms with Gasteiger partial charge in [-0.15, -0.1) is 0 Å². The third-order valence-corrected chi connectivity index (χ3v) is 5.10. The summed E-state index contributed by atoms with van der Waals surface area (Å²) in [6.07, 6.45) is 1.45. The second kappa shape index (κ2) is 7.56. The Morgan fingerprint density at radius 3 is 2.92 bits per heavy atom. The number of carbonyl (C=O) groups excluding carboxylic acids is 1. The molecular weight excluding hydrogens is 360 g/mol. The Morgan fingerprint density at radius 2 is 2.19 bits per heavy atom. The first-order valence-electron chi connectivity index (χ1n) is 7.86. The number of thioether (sulfide) groups is 1. The number of aromatic nitrogens is 2.